The molecule has 1 aliphatic rings. The molecule has 0 radical (unpaired) electrons. The Labute approximate surface area is 194 Å². The third-order valence-electron chi connectivity index (χ3n) is 5.77. The molecule has 33 heavy (non-hydrogen) atoms. The van der Waals surface area contributed by atoms with Crippen molar-refractivity contribution >= 4 is 33.7 Å². The maximum absolute atomic E-state index is 6.71. The monoisotopic (exact) mass is 460 g/mol. The summed E-state index contributed by atoms with van der Waals surface area (Å²) in [6.45, 7) is 2.68. The van der Waals surface area contributed by atoms with E-state index in [4.69, 9.17) is 26.1 Å². The quantitative estimate of drug-likeness (QED) is 0.363. The second-order valence-corrected chi connectivity index (χ2v) is 8.51. The van der Waals surface area contributed by atoms with Gasteiger partial charge in [-0.05, 0) is 50.5 Å². The van der Waals surface area contributed by atoms with Gasteiger partial charge in [-0.1, -0.05) is 11.6 Å². The standard InChI is InChI=1S/C24H21ClN6O2/c1-14-28-17-6-5-16(10-19(17)29-14)33-21-8-7-18-24(23(21)25)30-20(12-26-18)15-11-27-31(13-15)22-4-2-3-9-32-22/h5-8,10-13,22H,2-4,9H2,1H3,(H,28,29). The van der Waals surface area contributed by atoms with Crippen LogP contribution >= 0.6 is 11.6 Å². The molecule has 5 aromatic rings. The van der Waals surface area contributed by atoms with Crippen LogP contribution in [0.3, 0.4) is 0 Å². The van der Waals surface area contributed by atoms with Crippen LogP contribution in [0.1, 0.15) is 31.3 Å². The second kappa shape index (κ2) is 8.13. The first-order valence-electron chi connectivity index (χ1n) is 10.9. The van der Waals surface area contributed by atoms with E-state index in [1.807, 2.05) is 42.1 Å². The van der Waals surface area contributed by atoms with Gasteiger partial charge in [0.2, 0.25) is 0 Å². The van der Waals surface area contributed by atoms with E-state index in [9.17, 15) is 0 Å². The van der Waals surface area contributed by atoms with Crippen molar-refractivity contribution in [3.05, 3.63) is 59.8 Å². The number of aromatic nitrogens is 6. The zero-order chi connectivity index (χ0) is 22.4. The molecule has 1 saturated heterocycles. The van der Waals surface area contributed by atoms with Crippen molar-refractivity contribution < 1.29 is 9.47 Å². The Hall–Kier alpha value is -3.49. The van der Waals surface area contributed by atoms with E-state index in [0.717, 1.165) is 48.3 Å². The fourth-order valence-electron chi connectivity index (χ4n) is 4.11. The number of ether oxygens (including phenoxy) is 2. The lowest BCUT2D eigenvalue weighted by atomic mass is 10.2. The van der Waals surface area contributed by atoms with Crippen LogP contribution in [0, 0.1) is 6.92 Å². The van der Waals surface area contributed by atoms with Gasteiger partial charge in [-0.25, -0.2) is 14.6 Å². The summed E-state index contributed by atoms with van der Waals surface area (Å²) < 4.78 is 13.8. The number of aryl methyl sites for hydroxylation is 1. The molecule has 0 aliphatic carbocycles. The minimum Gasteiger partial charge on any atom is -0.456 e. The number of hydrogen-bond donors (Lipinski definition) is 1. The Balaban J connectivity index is 1.32. The van der Waals surface area contributed by atoms with Crippen molar-refractivity contribution in [2.45, 2.75) is 32.4 Å². The summed E-state index contributed by atoms with van der Waals surface area (Å²) in [5.41, 5.74) is 4.62. The molecule has 0 saturated carbocycles. The molecular weight excluding hydrogens is 440 g/mol. The summed E-state index contributed by atoms with van der Waals surface area (Å²) in [6.07, 6.45) is 8.63. The molecule has 4 heterocycles. The van der Waals surface area contributed by atoms with Gasteiger partial charge in [-0.2, -0.15) is 5.10 Å². The largest absolute Gasteiger partial charge is 0.456 e. The normalized spacial score (nSPS) is 16.5. The fraction of sp³-hybridized carbons (Fsp3) is 0.250. The second-order valence-electron chi connectivity index (χ2n) is 8.13. The van der Waals surface area contributed by atoms with Crippen LogP contribution in [0.15, 0.2) is 48.9 Å². The minimum atomic E-state index is -0.0273. The Morgan fingerprint density at radius 2 is 2.03 bits per heavy atom. The first kappa shape index (κ1) is 20.1. The molecule has 1 aliphatic heterocycles. The first-order valence-corrected chi connectivity index (χ1v) is 11.3. The number of imidazole rings is 1. The van der Waals surface area contributed by atoms with Crippen LogP contribution < -0.4 is 4.74 Å². The van der Waals surface area contributed by atoms with E-state index in [-0.39, 0.29) is 6.23 Å². The van der Waals surface area contributed by atoms with Crippen molar-refractivity contribution in [3.8, 4) is 22.8 Å². The molecule has 1 fully saturated rings. The van der Waals surface area contributed by atoms with Gasteiger partial charge in [-0.15, -0.1) is 0 Å². The van der Waals surface area contributed by atoms with E-state index < -0.39 is 0 Å². The summed E-state index contributed by atoms with van der Waals surface area (Å²) in [5.74, 6) is 2.02. The summed E-state index contributed by atoms with van der Waals surface area (Å²) in [6, 6.07) is 9.34. The number of benzene rings is 2. The molecule has 1 atom stereocenters. The number of rotatable bonds is 4. The van der Waals surface area contributed by atoms with E-state index in [2.05, 4.69) is 20.1 Å². The first-order chi connectivity index (χ1) is 16.1. The molecule has 2 aromatic carbocycles. The molecule has 6 rings (SSSR count). The summed E-state index contributed by atoms with van der Waals surface area (Å²) in [5, 5.41) is 4.88. The highest BCUT2D eigenvalue weighted by atomic mass is 35.5. The Morgan fingerprint density at radius 3 is 2.91 bits per heavy atom. The molecule has 0 spiro atoms. The lowest BCUT2D eigenvalue weighted by Gasteiger charge is -2.22. The average molecular weight is 461 g/mol. The number of hydrogen-bond acceptors (Lipinski definition) is 6. The van der Waals surface area contributed by atoms with Crippen LogP contribution in [0.5, 0.6) is 11.5 Å². The predicted octanol–water partition coefficient (Wildman–Crippen LogP) is 5.82. The topological polar surface area (TPSA) is 90.7 Å². The lowest BCUT2D eigenvalue weighted by Crippen LogP contribution is -2.18. The van der Waals surface area contributed by atoms with Gasteiger partial charge in [0, 0.05) is 24.4 Å². The number of halogens is 1. The zero-order valence-corrected chi connectivity index (χ0v) is 18.7. The highest BCUT2D eigenvalue weighted by molar-refractivity contribution is 6.36. The van der Waals surface area contributed by atoms with Crippen molar-refractivity contribution in [2.24, 2.45) is 0 Å². The smallest absolute Gasteiger partial charge is 0.150 e. The molecule has 0 amide bonds. The van der Waals surface area contributed by atoms with Gasteiger partial charge in [0.25, 0.3) is 0 Å². The maximum atomic E-state index is 6.71. The van der Waals surface area contributed by atoms with Crippen LogP contribution in [0.25, 0.3) is 33.3 Å². The molecule has 9 heteroatoms. The molecule has 166 valence electrons. The predicted molar refractivity (Wildman–Crippen MR) is 126 cm³/mol. The number of H-pyrrole nitrogens is 1. The van der Waals surface area contributed by atoms with Crippen molar-refractivity contribution in [3.63, 3.8) is 0 Å². The molecular formula is C24H21ClN6O2. The molecule has 3 aromatic heterocycles. The van der Waals surface area contributed by atoms with Crippen molar-refractivity contribution in [1.82, 2.24) is 29.7 Å². The van der Waals surface area contributed by atoms with Crippen LogP contribution in [-0.4, -0.2) is 36.3 Å². The minimum absolute atomic E-state index is 0.0273. The Bertz CT molecular complexity index is 1470. The molecule has 1 N–H and O–H groups in total. The third-order valence-corrected chi connectivity index (χ3v) is 6.13. The molecule has 8 nitrogen and oxygen atoms in total. The number of nitrogens with one attached hydrogen (secondary N) is 1. The Kier molecular flexibility index (Phi) is 4.96. The highest BCUT2D eigenvalue weighted by Gasteiger charge is 2.18. The number of aromatic amines is 1. The third kappa shape index (κ3) is 3.81. The van der Waals surface area contributed by atoms with Crippen LogP contribution in [0.4, 0.5) is 0 Å². The van der Waals surface area contributed by atoms with E-state index in [0.29, 0.717) is 33.2 Å². The summed E-state index contributed by atoms with van der Waals surface area (Å²) in [7, 11) is 0. The summed E-state index contributed by atoms with van der Waals surface area (Å²) in [4.78, 5) is 17.0. The van der Waals surface area contributed by atoms with E-state index in [1.165, 1.54) is 0 Å². The van der Waals surface area contributed by atoms with Gasteiger partial charge in [-0.3, -0.25) is 4.98 Å². The maximum Gasteiger partial charge on any atom is 0.150 e. The van der Waals surface area contributed by atoms with Crippen molar-refractivity contribution in [1.29, 1.82) is 0 Å². The SMILES string of the molecule is Cc1nc2ccc(Oc3ccc4ncc(-c5cnn(C6CCCCO6)c5)nc4c3Cl)cc2[nH]1. The van der Waals surface area contributed by atoms with Gasteiger partial charge in [0.1, 0.15) is 34.1 Å². The highest BCUT2D eigenvalue weighted by Crippen LogP contribution is 2.36. The molecule has 0 bridgehead atoms. The van der Waals surface area contributed by atoms with E-state index in [1.54, 1.807) is 18.5 Å². The number of fused-ring (bicyclic) bond motifs is 2. The lowest BCUT2D eigenvalue weighted by molar-refractivity contribution is -0.0394. The van der Waals surface area contributed by atoms with Gasteiger partial charge in [0.05, 0.1) is 34.6 Å². The number of nitrogens with zero attached hydrogens (tertiary/aromatic N) is 5. The average Bonchev–Trinajstić information content (AvgIpc) is 3.47. The Morgan fingerprint density at radius 1 is 1.12 bits per heavy atom. The van der Waals surface area contributed by atoms with Gasteiger partial charge >= 0.3 is 0 Å². The fourth-order valence-corrected chi connectivity index (χ4v) is 4.35. The van der Waals surface area contributed by atoms with Crippen LogP contribution in [0.2, 0.25) is 5.02 Å². The van der Waals surface area contributed by atoms with Crippen molar-refractivity contribution in [2.75, 3.05) is 6.61 Å². The van der Waals surface area contributed by atoms with E-state index >= 15 is 0 Å². The van der Waals surface area contributed by atoms with Gasteiger partial charge in [0.15, 0.2) is 0 Å². The molecule has 1 unspecified atom stereocenters. The van der Waals surface area contributed by atoms with Gasteiger partial charge < -0.3 is 14.5 Å². The van der Waals surface area contributed by atoms with Crippen LogP contribution in [-0.2, 0) is 4.74 Å². The summed E-state index contributed by atoms with van der Waals surface area (Å²) >= 11 is 6.71. The zero-order valence-electron chi connectivity index (χ0n) is 18.0.